The third-order valence-electron chi connectivity index (χ3n) is 6.67. The summed E-state index contributed by atoms with van der Waals surface area (Å²) in [6, 6.07) is 17.9. The summed E-state index contributed by atoms with van der Waals surface area (Å²) < 4.78 is 11.1. The zero-order valence-corrected chi connectivity index (χ0v) is 22.8. The Morgan fingerprint density at radius 2 is 1.77 bits per heavy atom. The number of pyridine rings is 1. The van der Waals surface area contributed by atoms with Crippen LogP contribution in [0.2, 0.25) is 0 Å². The first-order valence-corrected chi connectivity index (χ1v) is 13.4. The van der Waals surface area contributed by atoms with E-state index in [0.717, 1.165) is 29.7 Å². The van der Waals surface area contributed by atoms with Gasteiger partial charge in [-0.3, -0.25) is 14.6 Å². The number of aromatic nitrogens is 1. The van der Waals surface area contributed by atoms with Gasteiger partial charge >= 0.3 is 0 Å². The third kappa shape index (κ3) is 7.69. The molecule has 1 aliphatic carbocycles. The topological polar surface area (TPSA) is 80.8 Å². The number of nitrogens with zero attached hydrogens (tertiary/aromatic N) is 2. The van der Waals surface area contributed by atoms with E-state index in [2.05, 4.69) is 23.5 Å². The molecule has 7 heteroatoms. The summed E-state index contributed by atoms with van der Waals surface area (Å²) in [4.78, 5) is 33.3. The number of carbonyl (C=O) groups excluding carboxylic acids is 2. The molecule has 1 aliphatic rings. The monoisotopic (exact) mass is 537 g/mol. The van der Waals surface area contributed by atoms with Gasteiger partial charge in [-0.05, 0) is 72.4 Å². The second-order valence-electron chi connectivity index (χ2n) is 9.54. The molecule has 1 fully saturated rings. The third-order valence-corrected chi connectivity index (χ3v) is 6.67. The lowest BCUT2D eigenvalue weighted by molar-refractivity contribution is -0.141. The van der Waals surface area contributed by atoms with Crippen LogP contribution in [0.1, 0.15) is 36.4 Å². The lowest BCUT2D eigenvalue weighted by Crippen LogP contribution is -2.45. The molecule has 2 aromatic carbocycles. The van der Waals surface area contributed by atoms with Gasteiger partial charge in [0.25, 0.3) is 0 Å². The van der Waals surface area contributed by atoms with E-state index in [4.69, 9.17) is 9.47 Å². The van der Waals surface area contributed by atoms with Crippen LogP contribution in [0, 0.1) is 0 Å². The fourth-order valence-corrected chi connectivity index (χ4v) is 4.42. The average molecular weight is 538 g/mol. The number of allylic oxidation sites excluding steroid dienone is 2. The number of hydrogen-bond donors (Lipinski definition) is 1. The Kier molecular flexibility index (Phi) is 9.88. The summed E-state index contributed by atoms with van der Waals surface area (Å²) in [5, 5.41) is 3.00. The Labute approximate surface area is 235 Å². The van der Waals surface area contributed by atoms with Crippen molar-refractivity contribution < 1.29 is 19.1 Å². The number of benzene rings is 2. The number of carbonyl (C=O) groups is 2. The van der Waals surface area contributed by atoms with E-state index in [1.807, 2.05) is 54.6 Å². The van der Waals surface area contributed by atoms with Crippen LogP contribution >= 0.6 is 0 Å². The van der Waals surface area contributed by atoms with E-state index >= 15 is 0 Å². The van der Waals surface area contributed by atoms with Gasteiger partial charge in [-0.15, -0.1) is 0 Å². The molecule has 206 valence electrons. The highest BCUT2D eigenvalue weighted by atomic mass is 16.5. The predicted octanol–water partition coefficient (Wildman–Crippen LogP) is 5.96. The van der Waals surface area contributed by atoms with Crippen molar-refractivity contribution in [1.29, 1.82) is 0 Å². The first-order chi connectivity index (χ1) is 19.5. The lowest BCUT2D eigenvalue weighted by atomic mass is 10.0. The molecule has 0 spiro atoms. The fraction of sp³-hybridized carbons (Fsp3) is 0.242. The molecule has 1 aromatic heterocycles. The summed E-state index contributed by atoms with van der Waals surface area (Å²) in [6.45, 7) is 7.82. The Morgan fingerprint density at radius 3 is 2.38 bits per heavy atom. The lowest BCUT2D eigenvalue weighted by Gasteiger charge is -2.32. The number of aryl methyl sites for hydroxylation is 1. The molecule has 1 saturated carbocycles. The maximum Gasteiger partial charge on any atom is 0.247 e. The van der Waals surface area contributed by atoms with E-state index < -0.39 is 6.04 Å². The normalized spacial score (nSPS) is 13.6. The molecule has 0 aliphatic heterocycles. The molecule has 1 unspecified atom stereocenters. The second kappa shape index (κ2) is 13.9. The molecule has 7 nitrogen and oxygen atoms in total. The summed E-state index contributed by atoms with van der Waals surface area (Å²) in [5.74, 6) is 1.69. The van der Waals surface area contributed by atoms with Crippen molar-refractivity contribution in [1.82, 2.24) is 15.2 Å². The molecule has 1 atom stereocenters. The quantitative estimate of drug-likeness (QED) is 0.257. The van der Waals surface area contributed by atoms with E-state index in [-0.39, 0.29) is 24.4 Å². The number of ether oxygens (including phenoxy) is 2. The number of nitrogens with one attached hydrogen (secondary N) is 1. The van der Waals surface area contributed by atoms with Crippen molar-refractivity contribution in [2.45, 2.75) is 37.8 Å². The molecule has 0 saturated heterocycles. The summed E-state index contributed by atoms with van der Waals surface area (Å²) >= 11 is 0. The summed E-state index contributed by atoms with van der Waals surface area (Å²) in [6.07, 6.45) is 11.0. The summed E-state index contributed by atoms with van der Waals surface area (Å²) in [5.41, 5.74) is 2.58. The van der Waals surface area contributed by atoms with Gasteiger partial charge in [0.05, 0.1) is 13.3 Å². The second-order valence-corrected chi connectivity index (χ2v) is 9.54. The van der Waals surface area contributed by atoms with E-state index in [9.17, 15) is 9.59 Å². The van der Waals surface area contributed by atoms with E-state index in [1.54, 1.807) is 48.7 Å². The van der Waals surface area contributed by atoms with Gasteiger partial charge in [0.15, 0.2) is 0 Å². The zero-order valence-electron chi connectivity index (χ0n) is 22.8. The van der Waals surface area contributed by atoms with Crippen LogP contribution < -0.4 is 14.8 Å². The Bertz CT molecular complexity index is 1330. The Hall–Kier alpha value is -4.65. The maximum atomic E-state index is 13.7. The van der Waals surface area contributed by atoms with Crippen LogP contribution in [0.4, 0.5) is 0 Å². The van der Waals surface area contributed by atoms with Gasteiger partial charge in [0.1, 0.15) is 23.3 Å². The van der Waals surface area contributed by atoms with Gasteiger partial charge in [-0.2, -0.15) is 0 Å². The largest absolute Gasteiger partial charge is 0.497 e. The van der Waals surface area contributed by atoms with Gasteiger partial charge in [-0.1, -0.05) is 55.7 Å². The minimum Gasteiger partial charge on any atom is -0.497 e. The zero-order chi connectivity index (χ0) is 28.3. The van der Waals surface area contributed by atoms with Gasteiger partial charge in [0, 0.05) is 25.2 Å². The molecule has 0 radical (unpaired) electrons. The van der Waals surface area contributed by atoms with Crippen LogP contribution in [0.3, 0.4) is 0 Å². The van der Waals surface area contributed by atoms with Crippen LogP contribution in [-0.4, -0.2) is 41.4 Å². The van der Waals surface area contributed by atoms with E-state index in [0.29, 0.717) is 29.9 Å². The number of methoxy groups -OCH3 is 1. The standard InChI is InChI=1S/C33H35N3O4/c1-4-7-24(5-2)22-35-33(38)32(26-12-18-29(19-13-26)40-30-8-6-21-34-23-30)36(27-14-15-27)31(37)20-11-25-9-16-28(39-3)17-10-25/h4-10,12-13,16-19,21,23,27,32H,1-2,11,14-15,20,22H2,3H3,(H,35,38)/b24-7+. The predicted molar refractivity (Wildman–Crippen MR) is 156 cm³/mol. The molecule has 3 aromatic rings. The van der Waals surface area contributed by atoms with Crippen molar-refractivity contribution >= 4 is 11.8 Å². The maximum absolute atomic E-state index is 13.7. The molecule has 0 bridgehead atoms. The highest BCUT2D eigenvalue weighted by molar-refractivity contribution is 5.89. The minimum atomic E-state index is -0.780. The molecule has 2 amide bonds. The molecule has 1 N–H and O–H groups in total. The fourth-order valence-electron chi connectivity index (χ4n) is 4.42. The summed E-state index contributed by atoms with van der Waals surface area (Å²) in [7, 11) is 1.62. The molecule has 1 heterocycles. The van der Waals surface area contributed by atoms with Crippen LogP contribution in [0.5, 0.6) is 17.2 Å². The van der Waals surface area contributed by atoms with Gasteiger partial charge in [0.2, 0.25) is 11.8 Å². The van der Waals surface area contributed by atoms with Crippen molar-refractivity contribution in [3.05, 3.63) is 121 Å². The SMILES string of the molecule is C=C/C=C(\C=C)CNC(=O)C(c1ccc(Oc2cccnc2)cc1)N(C(=O)CCc1ccc(OC)cc1)C1CC1. The van der Waals surface area contributed by atoms with Crippen molar-refractivity contribution in [2.24, 2.45) is 0 Å². The van der Waals surface area contributed by atoms with Gasteiger partial charge in [-0.25, -0.2) is 0 Å². The smallest absolute Gasteiger partial charge is 0.247 e. The van der Waals surface area contributed by atoms with Crippen LogP contribution in [0.25, 0.3) is 0 Å². The van der Waals surface area contributed by atoms with Crippen molar-refractivity contribution in [3.63, 3.8) is 0 Å². The minimum absolute atomic E-state index is 0.0213. The average Bonchev–Trinajstić information content (AvgIpc) is 3.83. The van der Waals surface area contributed by atoms with Gasteiger partial charge < -0.3 is 19.7 Å². The van der Waals surface area contributed by atoms with Crippen LogP contribution in [0.15, 0.2) is 110 Å². The number of amides is 2. The number of rotatable bonds is 14. The molecule has 40 heavy (non-hydrogen) atoms. The first kappa shape index (κ1) is 28.4. The number of hydrogen-bond acceptors (Lipinski definition) is 5. The highest BCUT2D eigenvalue weighted by Gasteiger charge is 2.41. The molecular weight excluding hydrogens is 502 g/mol. The van der Waals surface area contributed by atoms with Crippen LogP contribution in [-0.2, 0) is 16.0 Å². The molecule has 4 rings (SSSR count). The van der Waals surface area contributed by atoms with E-state index in [1.165, 1.54) is 0 Å². The Morgan fingerprint density at radius 1 is 1.05 bits per heavy atom. The van der Waals surface area contributed by atoms with Crippen molar-refractivity contribution in [3.8, 4) is 17.2 Å². The Balaban J connectivity index is 1.56. The highest BCUT2D eigenvalue weighted by Crippen LogP contribution is 2.36. The first-order valence-electron chi connectivity index (χ1n) is 13.4. The van der Waals surface area contributed by atoms with Crippen molar-refractivity contribution in [2.75, 3.05) is 13.7 Å². The molecular formula is C33H35N3O4.